The first-order valence-electron chi connectivity index (χ1n) is 13.7. The van der Waals surface area contributed by atoms with E-state index in [4.69, 9.17) is 9.47 Å². The van der Waals surface area contributed by atoms with Gasteiger partial charge in [0.15, 0.2) is 0 Å². The Bertz CT molecular complexity index is 1280. The van der Waals surface area contributed by atoms with Gasteiger partial charge in [0.25, 0.3) is 5.91 Å². The first kappa shape index (κ1) is 27.1. The zero-order valence-electron chi connectivity index (χ0n) is 22.2. The maximum absolute atomic E-state index is 14.5. The van der Waals surface area contributed by atoms with Crippen LogP contribution in [0.3, 0.4) is 0 Å². The van der Waals surface area contributed by atoms with Crippen LogP contribution in [-0.2, 0) is 23.9 Å². The fourth-order valence-corrected chi connectivity index (χ4v) is 6.69. The summed E-state index contributed by atoms with van der Waals surface area (Å²) in [4.78, 5) is 44.9. The second-order valence-corrected chi connectivity index (χ2v) is 10.6. The number of unbranched alkanes of at least 4 members (excludes halogenated alkanes) is 2. The zero-order valence-corrected chi connectivity index (χ0v) is 22.2. The van der Waals surface area contributed by atoms with Crippen LogP contribution in [0.4, 0.5) is 5.69 Å². The van der Waals surface area contributed by atoms with Crippen molar-refractivity contribution < 1.29 is 29.0 Å². The first-order valence-corrected chi connectivity index (χ1v) is 13.7. The van der Waals surface area contributed by atoms with E-state index in [0.29, 0.717) is 44.3 Å². The summed E-state index contributed by atoms with van der Waals surface area (Å²) in [6.45, 7) is 8.21. The molecule has 3 fully saturated rings. The Labute approximate surface area is 228 Å². The number of carbonyl (C=O) groups excluding carboxylic acids is 3. The maximum atomic E-state index is 14.5. The molecule has 0 radical (unpaired) electrons. The maximum Gasteiger partial charge on any atom is 0.312 e. The molecule has 1 N–H and O–H groups in total. The molecular formula is C31H36N2O6. The Hall–Kier alpha value is -3.49. The van der Waals surface area contributed by atoms with Crippen LogP contribution in [-0.4, -0.2) is 71.8 Å². The molecule has 8 nitrogen and oxygen atoms in total. The zero-order chi connectivity index (χ0) is 27.6. The van der Waals surface area contributed by atoms with Gasteiger partial charge in [0.2, 0.25) is 5.91 Å². The Morgan fingerprint density at radius 3 is 2.67 bits per heavy atom. The predicted molar refractivity (Wildman–Crippen MR) is 148 cm³/mol. The minimum atomic E-state index is -1.09. The van der Waals surface area contributed by atoms with Crippen LogP contribution in [0.25, 0.3) is 10.8 Å². The minimum Gasteiger partial charge on any atom is -0.461 e. The third kappa shape index (κ3) is 4.66. The predicted octanol–water partition coefficient (Wildman–Crippen LogP) is 3.63. The number of carbonyl (C=O) groups is 3. The molecule has 3 saturated heterocycles. The van der Waals surface area contributed by atoms with E-state index in [-0.39, 0.29) is 31.6 Å². The number of hydrogen-bond donors (Lipinski definition) is 1. The van der Waals surface area contributed by atoms with Crippen molar-refractivity contribution in [3.8, 4) is 0 Å². The molecule has 3 aliphatic heterocycles. The lowest BCUT2D eigenvalue weighted by Crippen LogP contribution is -2.56. The smallest absolute Gasteiger partial charge is 0.312 e. The lowest BCUT2D eigenvalue weighted by Gasteiger charge is -2.37. The summed E-state index contributed by atoms with van der Waals surface area (Å²) in [6, 6.07) is 12.9. The molecule has 0 aliphatic carbocycles. The standard InChI is InChI=1S/C31H36N2O6/c1-3-16-32(23-13-12-21-10-6-7-11-22(21)20-23)29(36)27-31-15-14-24(39-31)25(30(37)38-19-4-2)26(31)28(35)33(27)17-8-5-9-18-34/h3-4,6-7,10-13,20,24-27,34H,1-2,5,8-9,14-19H2/t24-,25+,26-,27?,31?/m0/s1. The van der Waals surface area contributed by atoms with E-state index >= 15 is 0 Å². The van der Waals surface area contributed by atoms with Gasteiger partial charge < -0.3 is 24.4 Å². The van der Waals surface area contributed by atoms with Crippen LogP contribution in [0.1, 0.15) is 32.1 Å². The normalized spacial score (nSPS) is 27.0. The number of amides is 2. The van der Waals surface area contributed by atoms with Gasteiger partial charge in [-0.3, -0.25) is 14.4 Å². The molecule has 0 saturated carbocycles. The number of esters is 1. The number of ether oxygens (including phenoxy) is 2. The topological polar surface area (TPSA) is 96.4 Å². The number of likely N-dealkylation sites (tertiary alicyclic amines) is 1. The average Bonchev–Trinajstić information content (AvgIpc) is 3.59. The van der Waals surface area contributed by atoms with E-state index in [1.54, 1.807) is 15.9 Å². The van der Waals surface area contributed by atoms with Crippen LogP contribution in [0, 0.1) is 11.8 Å². The number of nitrogens with zero attached hydrogens (tertiary/aromatic N) is 2. The molecule has 1 spiro atoms. The molecule has 3 heterocycles. The highest BCUT2D eigenvalue weighted by Crippen LogP contribution is 2.59. The second-order valence-electron chi connectivity index (χ2n) is 10.6. The molecule has 2 aromatic carbocycles. The summed E-state index contributed by atoms with van der Waals surface area (Å²) >= 11 is 0. The number of benzene rings is 2. The molecule has 2 aromatic rings. The van der Waals surface area contributed by atoms with Gasteiger partial charge in [-0.25, -0.2) is 0 Å². The summed E-state index contributed by atoms with van der Waals surface area (Å²) in [7, 11) is 0. The van der Waals surface area contributed by atoms with Crippen molar-refractivity contribution in [1.82, 2.24) is 4.90 Å². The van der Waals surface area contributed by atoms with E-state index < -0.39 is 35.6 Å². The molecule has 2 unspecified atom stereocenters. The first-order chi connectivity index (χ1) is 19.0. The second kappa shape index (κ2) is 11.3. The third-order valence-electron chi connectivity index (χ3n) is 8.33. The van der Waals surface area contributed by atoms with E-state index in [1.165, 1.54) is 6.08 Å². The van der Waals surface area contributed by atoms with Crippen molar-refractivity contribution in [3.05, 3.63) is 67.8 Å². The van der Waals surface area contributed by atoms with E-state index in [2.05, 4.69) is 13.2 Å². The van der Waals surface area contributed by atoms with E-state index in [1.807, 2.05) is 42.5 Å². The molecular weight excluding hydrogens is 496 g/mol. The number of aliphatic hydroxyl groups is 1. The van der Waals surface area contributed by atoms with Crippen molar-refractivity contribution >= 4 is 34.2 Å². The number of fused-ring (bicyclic) bond motifs is 2. The van der Waals surface area contributed by atoms with E-state index in [9.17, 15) is 19.5 Å². The summed E-state index contributed by atoms with van der Waals surface area (Å²) < 4.78 is 11.9. The highest BCUT2D eigenvalue weighted by atomic mass is 16.6. The fraction of sp³-hybridized carbons (Fsp3) is 0.452. The number of hydrogen-bond acceptors (Lipinski definition) is 6. The lowest BCUT2D eigenvalue weighted by atomic mass is 9.70. The molecule has 39 heavy (non-hydrogen) atoms. The van der Waals surface area contributed by atoms with Gasteiger partial charge in [-0.2, -0.15) is 0 Å². The van der Waals surface area contributed by atoms with Crippen LogP contribution in [0.5, 0.6) is 0 Å². The van der Waals surface area contributed by atoms with Crippen LogP contribution >= 0.6 is 0 Å². The van der Waals surface area contributed by atoms with Gasteiger partial charge in [0.05, 0.1) is 17.9 Å². The number of aliphatic hydroxyl groups excluding tert-OH is 1. The Kier molecular flexibility index (Phi) is 7.86. The molecule has 2 amide bonds. The Balaban J connectivity index is 1.52. The highest BCUT2D eigenvalue weighted by Gasteiger charge is 2.75. The largest absolute Gasteiger partial charge is 0.461 e. The van der Waals surface area contributed by atoms with Crippen LogP contribution in [0.2, 0.25) is 0 Å². The number of rotatable bonds is 12. The summed E-state index contributed by atoms with van der Waals surface area (Å²) in [5.74, 6) is -2.49. The van der Waals surface area contributed by atoms with Crippen molar-refractivity contribution in [3.63, 3.8) is 0 Å². The molecule has 3 aliphatic rings. The molecule has 0 aromatic heterocycles. The Morgan fingerprint density at radius 1 is 1.13 bits per heavy atom. The minimum absolute atomic E-state index is 0.0538. The third-order valence-corrected chi connectivity index (χ3v) is 8.33. The van der Waals surface area contributed by atoms with Crippen molar-refractivity contribution in [1.29, 1.82) is 0 Å². The SMILES string of the molecule is C=CCOC(=O)[C@@H]1[C@@H]2CCC3(O2)C(C(=O)N(CC=C)c2ccc4ccccc4c2)N(CCCCCO)C(=O)[C@H]13. The lowest BCUT2D eigenvalue weighted by molar-refractivity contribution is -0.154. The molecule has 206 valence electrons. The monoisotopic (exact) mass is 532 g/mol. The van der Waals surface area contributed by atoms with Crippen molar-refractivity contribution in [2.45, 2.75) is 49.9 Å². The molecule has 5 atom stereocenters. The quantitative estimate of drug-likeness (QED) is 0.255. The van der Waals surface area contributed by atoms with Crippen molar-refractivity contribution in [2.24, 2.45) is 11.8 Å². The summed E-state index contributed by atoms with van der Waals surface area (Å²) in [5, 5.41) is 11.3. The van der Waals surface area contributed by atoms with Gasteiger partial charge in [-0.1, -0.05) is 49.1 Å². The summed E-state index contributed by atoms with van der Waals surface area (Å²) in [6.07, 6.45) is 5.77. The molecule has 5 rings (SSSR count). The van der Waals surface area contributed by atoms with Gasteiger partial charge in [-0.05, 0) is 55.0 Å². The van der Waals surface area contributed by atoms with Crippen LogP contribution in [0.15, 0.2) is 67.8 Å². The van der Waals surface area contributed by atoms with Crippen LogP contribution < -0.4 is 4.90 Å². The van der Waals surface area contributed by atoms with E-state index in [0.717, 1.165) is 10.8 Å². The van der Waals surface area contributed by atoms with Gasteiger partial charge >= 0.3 is 5.97 Å². The molecule has 2 bridgehead atoms. The number of anilines is 1. The molecule has 8 heteroatoms. The fourth-order valence-electron chi connectivity index (χ4n) is 6.69. The van der Waals surface area contributed by atoms with Crippen molar-refractivity contribution in [2.75, 3.05) is 31.2 Å². The summed E-state index contributed by atoms with van der Waals surface area (Å²) in [5.41, 5.74) is -0.384. The highest BCUT2D eigenvalue weighted by molar-refractivity contribution is 6.05. The Morgan fingerprint density at radius 2 is 1.92 bits per heavy atom. The van der Waals surface area contributed by atoms with Gasteiger partial charge in [0, 0.05) is 25.4 Å². The van der Waals surface area contributed by atoms with Gasteiger partial charge in [0.1, 0.15) is 18.2 Å². The van der Waals surface area contributed by atoms with Gasteiger partial charge in [-0.15, -0.1) is 6.58 Å². The average molecular weight is 533 g/mol.